The quantitative estimate of drug-likeness (QED) is 0.642. The van der Waals surface area contributed by atoms with Crippen molar-refractivity contribution < 1.29 is 0 Å². The van der Waals surface area contributed by atoms with E-state index in [0.717, 1.165) is 23.6 Å². The molecule has 1 N–H and O–H groups in total. The van der Waals surface area contributed by atoms with E-state index in [1.807, 2.05) is 13.1 Å². The van der Waals surface area contributed by atoms with Crippen LogP contribution in [-0.4, -0.2) is 28.8 Å². The van der Waals surface area contributed by atoms with Crippen molar-refractivity contribution in [3.63, 3.8) is 0 Å². The molecule has 0 bridgehead atoms. The van der Waals surface area contributed by atoms with Gasteiger partial charge in [0.2, 0.25) is 0 Å². The lowest BCUT2D eigenvalue weighted by Crippen LogP contribution is -2.13. The molecule has 0 radical (unpaired) electrons. The van der Waals surface area contributed by atoms with Crippen LogP contribution in [-0.2, 0) is 0 Å². The smallest absolute Gasteiger partial charge is 0.138 e. The van der Waals surface area contributed by atoms with E-state index < -0.39 is 0 Å². The van der Waals surface area contributed by atoms with E-state index in [9.17, 15) is 0 Å². The van der Waals surface area contributed by atoms with Crippen LogP contribution in [0.25, 0.3) is 0 Å². The Labute approximate surface area is 77.1 Å². The minimum absolute atomic E-state index is 0.300. The highest BCUT2D eigenvalue weighted by atomic mass is 15.0. The second-order valence-corrected chi connectivity index (χ2v) is 3.23. The zero-order valence-corrected chi connectivity index (χ0v) is 7.78. The van der Waals surface area contributed by atoms with Gasteiger partial charge in [0.25, 0.3) is 0 Å². The second-order valence-electron chi connectivity index (χ2n) is 3.23. The van der Waals surface area contributed by atoms with E-state index in [2.05, 4.69) is 27.2 Å². The molecule has 1 atom stereocenters. The topological polar surface area (TPSA) is 50.2 Å². The molecular formula is C9H12N4. The third-order valence-corrected chi connectivity index (χ3v) is 2.11. The summed E-state index contributed by atoms with van der Waals surface area (Å²) < 4.78 is 0. The molecule has 4 heteroatoms. The first-order chi connectivity index (χ1) is 6.27. The largest absolute Gasteiger partial charge is 0.367 e. The minimum atomic E-state index is 0.300. The standard InChI is InChI=1S/C9H12N4/c1-6-3-11-9-8(4-10-6)7(2)12-5-13-9/h4-6H,3H2,1-2H3,(H,11,12,13). The SMILES string of the molecule is Cc1ncnc2c1C=NC(C)CN2. The van der Waals surface area contributed by atoms with Gasteiger partial charge >= 0.3 is 0 Å². The zero-order valence-electron chi connectivity index (χ0n) is 7.78. The first-order valence-corrected chi connectivity index (χ1v) is 4.36. The molecule has 0 saturated heterocycles. The first kappa shape index (κ1) is 8.16. The number of hydrogen-bond acceptors (Lipinski definition) is 4. The lowest BCUT2D eigenvalue weighted by atomic mass is 10.2. The number of anilines is 1. The Kier molecular flexibility index (Phi) is 1.96. The fraction of sp³-hybridized carbons (Fsp3) is 0.444. The number of nitrogens with one attached hydrogen (secondary N) is 1. The summed E-state index contributed by atoms with van der Waals surface area (Å²) in [4.78, 5) is 12.6. The van der Waals surface area contributed by atoms with E-state index >= 15 is 0 Å². The van der Waals surface area contributed by atoms with Crippen molar-refractivity contribution >= 4 is 12.0 Å². The Hall–Kier alpha value is -1.45. The summed E-state index contributed by atoms with van der Waals surface area (Å²) in [7, 11) is 0. The summed E-state index contributed by atoms with van der Waals surface area (Å²) in [6.45, 7) is 4.86. The maximum atomic E-state index is 4.36. The molecule has 68 valence electrons. The average molecular weight is 176 g/mol. The van der Waals surface area contributed by atoms with Crippen LogP contribution >= 0.6 is 0 Å². The number of aryl methyl sites for hydroxylation is 1. The average Bonchev–Trinajstić information content (AvgIpc) is 2.30. The van der Waals surface area contributed by atoms with Gasteiger partial charge in [-0.05, 0) is 13.8 Å². The lowest BCUT2D eigenvalue weighted by molar-refractivity contribution is 0.788. The highest BCUT2D eigenvalue weighted by molar-refractivity contribution is 5.88. The van der Waals surface area contributed by atoms with Crippen LogP contribution in [0.1, 0.15) is 18.2 Å². The first-order valence-electron chi connectivity index (χ1n) is 4.36. The molecule has 1 unspecified atom stereocenters. The normalized spacial score (nSPS) is 20.3. The van der Waals surface area contributed by atoms with E-state index in [1.165, 1.54) is 0 Å². The summed E-state index contributed by atoms with van der Waals surface area (Å²) in [5.74, 6) is 0.889. The van der Waals surface area contributed by atoms with Gasteiger partial charge in [0, 0.05) is 12.8 Å². The molecule has 1 aliphatic heterocycles. The van der Waals surface area contributed by atoms with Gasteiger partial charge in [-0.25, -0.2) is 9.97 Å². The maximum Gasteiger partial charge on any atom is 0.138 e. The Morgan fingerprint density at radius 2 is 2.31 bits per heavy atom. The Bertz CT molecular complexity index is 345. The van der Waals surface area contributed by atoms with Crippen LogP contribution < -0.4 is 5.32 Å². The van der Waals surface area contributed by atoms with Crippen LogP contribution in [0, 0.1) is 6.92 Å². The van der Waals surface area contributed by atoms with Gasteiger partial charge in [-0.1, -0.05) is 0 Å². The summed E-state index contributed by atoms with van der Waals surface area (Å²) >= 11 is 0. The van der Waals surface area contributed by atoms with Crippen molar-refractivity contribution in [2.45, 2.75) is 19.9 Å². The molecule has 2 heterocycles. The van der Waals surface area contributed by atoms with E-state index in [4.69, 9.17) is 0 Å². The third kappa shape index (κ3) is 1.52. The summed E-state index contributed by atoms with van der Waals surface area (Å²) in [5.41, 5.74) is 1.97. The number of hydrogen-bond donors (Lipinski definition) is 1. The predicted octanol–water partition coefficient (Wildman–Crippen LogP) is 1.02. The van der Waals surface area contributed by atoms with Crippen molar-refractivity contribution in [3.8, 4) is 0 Å². The molecule has 0 saturated carbocycles. The molecule has 0 aliphatic carbocycles. The number of aromatic nitrogens is 2. The highest BCUT2D eigenvalue weighted by Crippen LogP contribution is 2.14. The van der Waals surface area contributed by atoms with Gasteiger partial charge < -0.3 is 5.32 Å². The zero-order chi connectivity index (χ0) is 9.26. The molecule has 0 aromatic carbocycles. The van der Waals surface area contributed by atoms with Crippen LogP contribution in [0.5, 0.6) is 0 Å². The van der Waals surface area contributed by atoms with Crippen LogP contribution in [0.4, 0.5) is 5.82 Å². The third-order valence-electron chi connectivity index (χ3n) is 2.11. The second kappa shape index (κ2) is 3.12. The molecule has 1 aromatic rings. The van der Waals surface area contributed by atoms with Crippen molar-refractivity contribution in [3.05, 3.63) is 17.6 Å². The summed E-state index contributed by atoms with van der Waals surface area (Å²) in [6, 6.07) is 0.300. The minimum Gasteiger partial charge on any atom is -0.367 e. The molecule has 0 spiro atoms. The Morgan fingerprint density at radius 1 is 1.46 bits per heavy atom. The fourth-order valence-electron chi connectivity index (χ4n) is 1.28. The van der Waals surface area contributed by atoms with Gasteiger partial charge in [0.05, 0.1) is 17.3 Å². The Balaban J connectivity index is 2.47. The number of fused-ring (bicyclic) bond motifs is 1. The fourth-order valence-corrected chi connectivity index (χ4v) is 1.28. The van der Waals surface area contributed by atoms with Gasteiger partial charge in [-0.3, -0.25) is 4.99 Å². The van der Waals surface area contributed by atoms with Gasteiger partial charge in [0.15, 0.2) is 0 Å². The number of rotatable bonds is 0. The predicted molar refractivity (Wildman–Crippen MR) is 52.3 cm³/mol. The van der Waals surface area contributed by atoms with Crippen molar-refractivity contribution in [2.24, 2.45) is 4.99 Å². The molecule has 0 fully saturated rings. The van der Waals surface area contributed by atoms with Gasteiger partial charge in [0.1, 0.15) is 12.1 Å². The van der Waals surface area contributed by atoms with Crippen molar-refractivity contribution in [1.82, 2.24) is 9.97 Å². The van der Waals surface area contributed by atoms with Crippen LogP contribution in [0.15, 0.2) is 11.3 Å². The van der Waals surface area contributed by atoms with Gasteiger partial charge in [-0.2, -0.15) is 0 Å². The molecule has 2 rings (SSSR count). The van der Waals surface area contributed by atoms with Crippen molar-refractivity contribution in [1.29, 1.82) is 0 Å². The van der Waals surface area contributed by atoms with Gasteiger partial charge in [-0.15, -0.1) is 0 Å². The van der Waals surface area contributed by atoms with E-state index in [-0.39, 0.29) is 0 Å². The molecular weight excluding hydrogens is 164 g/mol. The molecule has 1 aliphatic rings. The highest BCUT2D eigenvalue weighted by Gasteiger charge is 2.10. The monoisotopic (exact) mass is 176 g/mol. The maximum absolute atomic E-state index is 4.36. The summed E-state index contributed by atoms with van der Waals surface area (Å²) in [5, 5.41) is 3.24. The lowest BCUT2D eigenvalue weighted by Gasteiger charge is -2.06. The van der Waals surface area contributed by atoms with Crippen LogP contribution in [0.3, 0.4) is 0 Å². The molecule has 1 aromatic heterocycles. The number of nitrogens with zero attached hydrogens (tertiary/aromatic N) is 3. The number of aliphatic imine (C=N–C) groups is 1. The molecule has 4 nitrogen and oxygen atoms in total. The molecule has 13 heavy (non-hydrogen) atoms. The van der Waals surface area contributed by atoms with E-state index in [0.29, 0.717) is 6.04 Å². The van der Waals surface area contributed by atoms with Crippen molar-refractivity contribution in [2.75, 3.05) is 11.9 Å². The molecule has 0 amide bonds. The van der Waals surface area contributed by atoms with Crippen LogP contribution in [0.2, 0.25) is 0 Å². The Morgan fingerprint density at radius 3 is 3.15 bits per heavy atom. The van der Waals surface area contributed by atoms with E-state index in [1.54, 1.807) is 6.33 Å². The summed E-state index contributed by atoms with van der Waals surface area (Å²) in [6.07, 6.45) is 3.43.